The van der Waals surface area contributed by atoms with Crippen LogP contribution in [0.5, 0.6) is 0 Å². The molecule has 0 aliphatic rings. The largest absolute Gasteiger partial charge is 0.467 e. The zero-order valence-corrected chi connectivity index (χ0v) is 7.88. The summed E-state index contributed by atoms with van der Waals surface area (Å²) >= 11 is 0. The number of carbonyl (C=O) groups is 1. The molecule has 0 fully saturated rings. The smallest absolute Gasteiger partial charge is 0.337 e. The summed E-state index contributed by atoms with van der Waals surface area (Å²) in [6, 6.07) is 2.32. The number of hydrogen-bond acceptors (Lipinski definition) is 6. The van der Waals surface area contributed by atoms with Crippen molar-refractivity contribution >= 4 is 5.97 Å². The molecule has 0 spiro atoms. The van der Waals surface area contributed by atoms with E-state index in [0.717, 1.165) is 13.2 Å². The zero-order chi connectivity index (χ0) is 11.4. The Hall–Kier alpha value is -1.73. The van der Waals surface area contributed by atoms with E-state index in [1.54, 1.807) is 0 Å². The Bertz CT molecular complexity index is 382. The van der Waals surface area contributed by atoms with E-state index in [2.05, 4.69) is 14.9 Å². The number of nitrogens with one attached hydrogen (secondary N) is 1. The van der Waals surface area contributed by atoms with Crippen molar-refractivity contribution in [2.45, 2.75) is 12.2 Å². The first kappa shape index (κ1) is 11.3. The molecule has 7 nitrogen and oxygen atoms in total. The van der Waals surface area contributed by atoms with Crippen LogP contribution in [0, 0.1) is 0 Å². The van der Waals surface area contributed by atoms with E-state index < -0.39 is 23.7 Å². The highest BCUT2D eigenvalue weighted by atomic mass is 16.5. The fraction of sp³-hybridized carbons (Fsp3) is 0.375. The molecule has 2 unspecified atom stereocenters. The molecule has 0 bridgehead atoms. The quantitative estimate of drug-likeness (QED) is 0.519. The van der Waals surface area contributed by atoms with Crippen LogP contribution in [0.3, 0.4) is 0 Å². The second-order valence-electron chi connectivity index (χ2n) is 2.76. The van der Waals surface area contributed by atoms with E-state index in [-0.39, 0.29) is 5.69 Å². The standard InChI is InChI=1S/C8H10N2O5/c1-15-8(14)7(13)6(12)4-2-3-5(11)10-9-4/h2-3,6-7,12-13H,1H3,(H,10,11). The maximum atomic E-state index is 10.9. The van der Waals surface area contributed by atoms with E-state index in [4.69, 9.17) is 0 Å². The van der Waals surface area contributed by atoms with Gasteiger partial charge in [0.25, 0.3) is 5.56 Å². The molecule has 2 atom stereocenters. The number of carbonyl (C=O) groups excluding carboxylic acids is 1. The highest BCUT2D eigenvalue weighted by Gasteiger charge is 2.27. The molecule has 0 aliphatic heterocycles. The van der Waals surface area contributed by atoms with Crippen molar-refractivity contribution in [2.24, 2.45) is 0 Å². The maximum absolute atomic E-state index is 10.9. The van der Waals surface area contributed by atoms with E-state index in [1.165, 1.54) is 6.07 Å². The highest BCUT2D eigenvalue weighted by Crippen LogP contribution is 2.13. The lowest BCUT2D eigenvalue weighted by Gasteiger charge is -2.14. The van der Waals surface area contributed by atoms with Gasteiger partial charge in [-0.2, -0.15) is 5.10 Å². The number of ether oxygens (including phenoxy) is 1. The monoisotopic (exact) mass is 214 g/mol. The molecule has 7 heteroatoms. The minimum absolute atomic E-state index is 0.0208. The molecule has 0 saturated carbocycles. The average Bonchev–Trinajstić information content (AvgIpc) is 2.27. The average molecular weight is 214 g/mol. The van der Waals surface area contributed by atoms with E-state index in [9.17, 15) is 19.8 Å². The predicted octanol–water partition coefficient (Wildman–Crippen LogP) is -1.66. The number of hydrogen-bond donors (Lipinski definition) is 3. The number of aliphatic hydroxyl groups excluding tert-OH is 2. The summed E-state index contributed by atoms with van der Waals surface area (Å²) in [6.07, 6.45) is -3.26. The topological polar surface area (TPSA) is 113 Å². The van der Waals surface area contributed by atoms with Crippen molar-refractivity contribution in [3.05, 3.63) is 28.2 Å². The molecule has 0 saturated heterocycles. The Morgan fingerprint density at radius 1 is 1.53 bits per heavy atom. The second-order valence-corrected chi connectivity index (χ2v) is 2.76. The van der Waals surface area contributed by atoms with Crippen LogP contribution in [0.1, 0.15) is 11.8 Å². The molecule has 1 rings (SSSR count). The van der Waals surface area contributed by atoms with Crippen LogP contribution in [-0.4, -0.2) is 39.6 Å². The van der Waals surface area contributed by atoms with E-state index in [1.807, 2.05) is 0 Å². The fourth-order valence-corrected chi connectivity index (χ4v) is 0.931. The van der Waals surface area contributed by atoms with Crippen LogP contribution in [0.15, 0.2) is 16.9 Å². The van der Waals surface area contributed by atoms with Gasteiger partial charge in [-0.05, 0) is 6.07 Å². The van der Waals surface area contributed by atoms with Crippen molar-refractivity contribution in [1.82, 2.24) is 10.2 Å². The van der Waals surface area contributed by atoms with Crippen molar-refractivity contribution < 1.29 is 19.7 Å². The Labute approximate surface area is 84.3 Å². The third-order valence-electron chi connectivity index (χ3n) is 1.75. The summed E-state index contributed by atoms with van der Waals surface area (Å²) in [4.78, 5) is 21.5. The zero-order valence-electron chi connectivity index (χ0n) is 7.88. The minimum atomic E-state index is -1.73. The molecular formula is C8H10N2O5. The second kappa shape index (κ2) is 4.67. The lowest BCUT2D eigenvalue weighted by Crippen LogP contribution is -2.30. The predicted molar refractivity (Wildman–Crippen MR) is 47.8 cm³/mol. The number of rotatable bonds is 3. The first-order valence-corrected chi connectivity index (χ1v) is 4.06. The van der Waals surface area contributed by atoms with Gasteiger partial charge in [0.05, 0.1) is 12.8 Å². The van der Waals surface area contributed by atoms with Gasteiger partial charge < -0.3 is 14.9 Å². The van der Waals surface area contributed by atoms with Crippen molar-refractivity contribution in [3.63, 3.8) is 0 Å². The van der Waals surface area contributed by atoms with Crippen LogP contribution in [-0.2, 0) is 9.53 Å². The summed E-state index contributed by atoms with van der Waals surface area (Å²) in [7, 11) is 1.08. The van der Waals surface area contributed by atoms with Gasteiger partial charge in [0.1, 0.15) is 6.10 Å². The minimum Gasteiger partial charge on any atom is -0.467 e. The van der Waals surface area contributed by atoms with Crippen molar-refractivity contribution in [1.29, 1.82) is 0 Å². The summed E-state index contributed by atoms with van der Waals surface area (Å²) < 4.78 is 4.23. The van der Waals surface area contributed by atoms with Gasteiger partial charge in [0.2, 0.25) is 0 Å². The number of aliphatic hydroxyl groups is 2. The van der Waals surface area contributed by atoms with E-state index >= 15 is 0 Å². The maximum Gasteiger partial charge on any atom is 0.337 e. The molecular weight excluding hydrogens is 204 g/mol. The molecule has 82 valence electrons. The molecule has 0 radical (unpaired) electrons. The fourth-order valence-electron chi connectivity index (χ4n) is 0.931. The SMILES string of the molecule is COC(=O)C(O)C(O)c1ccc(=O)[nH]n1. The van der Waals surface area contributed by atoms with Crippen LogP contribution < -0.4 is 5.56 Å². The molecule has 15 heavy (non-hydrogen) atoms. The Morgan fingerprint density at radius 2 is 2.20 bits per heavy atom. The summed E-state index contributed by atoms with van der Waals surface area (Å²) in [5, 5.41) is 24.2. The number of aromatic amines is 1. The molecule has 1 heterocycles. The van der Waals surface area contributed by atoms with Crippen LogP contribution in [0.25, 0.3) is 0 Å². The van der Waals surface area contributed by atoms with Gasteiger partial charge >= 0.3 is 5.97 Å². The lowest BCUT2D eigenvalue weighted by molar-refractivity contribution is -0.157. The molecule has 0 aromatic carbocycles. The van der Waals surface area contributed by atoms with Gasteiger partial charge in [-0.3, -0.25) is 4.79 Å². The first-order chi connectivity index (χ1) is 7.06. The number of nitrogens with zero attached hydrogens (tertiary/aromatic N) is 1. The number of aromatic nitrogens is 2. The van der Waals surface area contributed by atoms with Gasteiger partial charge in [0, 0.05) is 6.07 Å². The highest BCUT2D eigenvalue weighted by molar-refractivity contribution is 5.75. The van der Waals surface area contributed by atoms with Crippen LogP contribution in [0.4, 0.5) is 0 Å². The Morgan fingerprint density at radius 3 is 2.67 bits per heavy atom. The first-order valence-electron chi connectivity index (χ1n) is 4.06. The molecule has 0 aliphatic carbocycles. The Kier molecular flexibility index (Phi) is 3.53. The third-order valence-corrected chi connectivity index (χ3v) is 1.75. The number of esters is 1. The molecule has 1 aromatic rings. The lowest BCUT2D eigenvalue weighted by atomic mass is 10.1. The normalized spacial score (nSPS) is 14.3. The number of methoxy groups -OCH3 is 1. The summed E-state index contributed by atoms with van der Waals surface area (Å²) in [5.74, 6) is -0.976. The van der Waals surface area contributed by atoms with E-state index in [0.29, 0.717) is 0 Å². The van der Waals surface area contributed by atoms with Crippen molar-refractivity contribution in [3.8, 4) is 0 Å². The number of H-pyrrole nitrogens is 1. The van der Waals surface area contributed by atoms with Gasteiger partial charge in [-0.1, -0.05) is 0 Å². The summed E-state index contributed by atoms with van der Waals surface area (Å²) in [5.41, 5.74) is -0.467. The Balaban J connectivity index is 2.84. The molecule has 1 aromatic heterocycles. The third kappa shape index (κ3) is 2.61. The van der Waals surface area contributed by atoms with Gasteiger partial charge in [-0.25, -0.2) is 9.89 Å². The molecule has 0 amide bonds. The summed E-state index contributed by atoms with van der Waals surface area (Å²) in [6.45, 7) is 0. The van der Waals surface area contributed by atoms with Gasteiger partial charge in [-0.15, -0.1) is 0 Å². The van der Waals surface area contributed by atoms with Crippen LogP contribution in [0.2, 0.25) is 0 Å². The van der Waals surface area contributed by atoms with Crippen molar-refractivity contribution in [2.75, 3.05) is 7.11 Å². The van der Waals surface area contributed by atoms with Gasteiger partial charge in [0.15, 0.2) is 6.10 Å². The molecule has 3 N–H and O–H groups in total. The van der Waals surface area contributed by atoms with Crippen LogP contribution >= 0.6 is 0 Å².